The molecule has 2 saturated carbocycles. The van der Waals surface area contributed by atoms with E-state index in [0.717, 1.165) is 25.7 Å². The van der Waals surface area contributed by atoms with Crippen LogP contribution in [0.3, 0.4) is 0 Å². The molecule has 2 fully saturated rings. The van der Waals surface area contributed by atoms with Crippen LogP contribution in [0, 0.1) is 11.8 Å². The van der Waals surface area contributed by atoms with Gasteiger partial charge in [0.15, 0.2) is 0 Å². The molecule has 6 nitrogen and oxygen atoms in total. The van der Waals surface area contributed by atoms with E-state index in [1.165, 1.54) is 25.7 Å². The van der Waals surface area contributed by atoms with Gasteiger partial charge in [-0.25, -0.2) is 0 Å². The van der Waals surface area contributed by atoms with Gasteiger partial charge in [-0.15, -0.1) is 0 Å². The number of rotatable bonds is 6. The summed E-state index contributed by atoms with van der Waals surface area (Å²) in [5.74, 6) is -0.164. The van der Waals surface area contributed by atoms with Crippen LogP contribution in [-0.4, -0.2) is 29.4 Å². The molecule has 0 bridgehead atoms. The van der Waals surface area contributed by atoms with E-state index in [-0.39, 0.29) is 12.5 Å². The Morgan fingerprint density at radius 2 is 1.36 bits per heavy atom. The van der Waals surface area contributed by atoms with Crippen molar-refractivity contribution in [3.05, 3.63) is 0 Å². The molecule has 2 rings (SSSR count). The molecule has 0 aromatic carbocycles. The molecule has 0 saturated heterocycles. The van der Waals surface area contributed by atoms with Crippen LogP contribution >= 0.6 is 0 Å². The van der Waals surface area contributed by atoms with Crippen LogP contribution in [0.4, 0.5) is 0 Å². The van der Waals surface area contributed by atoms with Crippen molar-refractivity contribution in [2.75, 3.05) is 6.54 Å². The first-order chi connectivity index (χ1) is 10.5. The normalized spacial score (nSPS) is 18.5. The molecule has 126 valence electrons. The molecule has 0 atom stereocenters. The van der Waals surface area contributed by atoms with Crippen LogP contribution in [0.2, 0.25) is 0 Å². The molecule has 22 heavy (non-hydrogen) atoms. The fourth-order valence-corrected chi connectivity index (χ4v) is 3.20. The predicted octanol–water partition coefficient (Wildman–Crippen LogP) is 1.82. The Bertz CT molecular complexity index is 372. The van der Waals surface area contributed by atoms with Gasteiger partial charge in [0, 0.05) is 12.8 Å². The minimum absolute atomic E-state index is 0.0362. The molecule has 2 amide bonds. The first-order valence-corrected chi connectivity index (χ1v) is 8.24. The number of carboxylic acid groups (broad SMARTS) is 1. The lowest BCUT2D eigenvalue weighted by atomic mass is 10.0. The van der Waals surface area contributed by atoms with Crippen molar-refractivity contribution >= 4 is 17.8 Å². The SMILES string of the molecule is NC(=O)CNC(=O)CC1CCCC1.O=C(O)CC1CCCC1. The molecule has 2 aliphatic carbocycles. The first-order valence-electron chi connectivity index (χ1n) is 8.24. The fourth-order valence-electron chi connectivity index (χ4n) is 3.20. The summed E-state index contributed by atoms with van der Waals surface area (Å²) in [6, 6.07) is 0. The second-order valence-corrected chi connectivity index (χ2v) is 6.35. The van der Waals surface area contributed by atoms with Crippen molar-refractivity contribution in [2.45, 2.75) is 64.2 Å². The lowest BCUT2D eigenvalue weighted by Crippen LogP contribution is -2.33. The van der Waals surface area contributed by atoms with Gasteiger partial charge in [-0.3, -0.25) is 14.4 Å². The highest BCUT2D eigenvalue weighted by Crippen LogP contribution is 2.27. The van der Waals surface area contributed by atoms with Crippen molar-refractivity contribution in [3.63, 3.8) is 0 Å². The van der Waals surface area contributed by atoms with Crippen molar-refractivity contribution < 1.29 is 19.5 Å². The van der Waals surface area contributed by atoms with Gasteiger partial charge in [0.1, 0.15) is 0 Å². The summed E-state index contributed by atoms with van der Waals surface area (Å²) in [4.78, 5) is 31.7. The van der Waals surface area contributed by atoms with E-state index < -0.39 is 11.9 Å². The lowest BCUT2D eigenvalue weighted by molar-refractivity contribution is -0.138. The topological polar surface area (TPSA) is 109 Å². The highest BCUT2D eigenvalue weighted by molar-refractivity contribution is 5.83. The summed E-state index contributed by atoms with van der Waals surface area (Å²) in [5.41, 5.74) is 4.90. The number of nitrogens with one attached hydrogen (secondary N) is 1. The number of hydrogen-bond acceptors (Lipinski definition) is 3. The number of carbonyl (C=O) groups excluding carboxylic acids is 2. The number of carboxylic acids is 1. The number of nitrogens with two attached hydrogens (primary N) is 1. The standard InChI is InChI=1S/C9H16N2O2.C7H12O2/c10-8(12)6-11-9(13)5-7-3-1-2-4-7;8-7(9)5-6-3-1-2-4-6/h7H,1-6H2,(H2,10,12)(H,11,13);6H,1-5H2,(H,8,9). The Balaban J connectivity index is 0.000000235. The number of carbonyl (C=O) groups is 3. The first kappa shape index (κ1) is 18.5. The largest absolute Gasteiger partial charge is 0.481 e. The average molecular weight is 312 g/mol. The molecule has 0 aliphatic heterocycles. The van der Waals surface area contributed by atoms with E-state index in [1.807, 2.05) is 0 Å². The summed E-state index contributed by atoms with van der Waals surface area (Å²) >= 11 is 0. The smallest absolute Gasteiger partial charge is 0.303 e. The van der Waals surface area contributed by atoms with Crippen LogP contribution in [0.1, 0.15) is 64.2 Å². The number of aliphatic carboxylic acids is 1. The zero-order chi connectivity index (χ0) is 16.4. The minimum Gasteiger partial charge on any atom is -0.481 e. The van der Waals surface area contributed by atoms with Gasteiger partial charge in [-0.2, -0.15) is 0 Å². The van der Waals surface area contributed by atoms with E-state index in [4.69, 9.17) is 10.8 Å². The summed E-state index contributed by atoms with van der Waals surface area (Å²) in [5, 5.41) is 10.9. The minimum atomic E-state index is -0.637. The quantitative estimate of drug-likeness (QED) is 0.695. The van der Waals surface area contributed by atoms with E-state index in [0.29, 0.717) is 24.7 Å². The summed E-state index contributed by atoms with van der Waals surface area (Å²) in [7, 11) is 0. The monoisotopic (exact) mass is 312 g/mol. The molecule has 6 heteroatoms. The Labute approximate surface area is 131 Å². The third kappa shape index (κ3) is 8.64. The Morgan fingerprint density at radius 1 is 0.909 bits per heavy atom. The summed E-state index contributed by atoms with van der Waals surface area (Å²) < 4.78 is 0. The Morgan fingerprint density at radius 3 is 1.77 bits per heavy atom. The van der Waals surface area contributed by atoms with Gasteiger partial charge in [0.2, 0.25) is 11.8 Å². The maximum absolute atomic E-state index is 11.2. The third-order valence-electron chi connectivity index (χ3n) is 4.35. The van der Waals surface area contributed by atoms with Crippen LogP contribution < -0.4 is 11.1 Å². The second-order valence-electron chi connectivity index (χ2n) is 6.35. The molecule has 0 aromatic heterocycles. The Hall–Kier alpha value is -1.59. The van der Waals surface area contributed by atoms with Crippen LogP contribution in [0.25, 0.3) is 0 Å². The van der Waals surface area contributed by atoms with Gasteiger partial charge in [-0.05, 0) is 37.5 Å². The van der Waals surface area contributed by atoms with E-state index >= 15 is 0 Å². The molecular formula is C16H28N2O4. The summed E-state index contributed by atoms with van der Waals surface area (Å²) in [6.07, 6.45) is 10.4. The summed E-state index contributed by atoms with van der Waals surface area (Å²) in [6.45, 7) is -0.0362. The van der Waals surface area contributed by atoms with Gasteiger partial charge >= 0.3 is 5.97 Å². The zero-order valence-electron chi connectivity index (χ0n) is 13.2. The second kappa shape index (κ2) is 10.2. The van der Waals surface area contributed by atoms with Gasteiger partial charge < -0.3 is 16.2 Å². The average Bonchev–Trinajstić information content (AvgIpc) is 3.10. The highest BCUT2D eigenvalue weighted by Gasteiger charge is 2.18. The molecule has 0 aromatic rings. The van der Waals surface area contributed by atoms with Gasteiger partial charge in [-0.1, -0.05) is 25.7 Å². The molecule has 4 N–H and O–H groups in total. The molecule has 2 aliphatic rings. The Kier molecular flexibility index (Phi) is 8.55. The zero-order valence-corrected chi connectivity index (χ0v) is 13.2. The predicted molar refractivity (Wildman–Crippen MR) is 83.0 cm³/mol. The number of hydrogen-bond donors (Lipinski definition) is 3. The van der Waals surface area contributed by atoms with Crippen molar-refractivity contribution in [2.24, 2.45) is 17.6 Å². The molecule has 0 radical (unpaired) electrons. The molecular weight excluding hydrogens is 284 g/mol. The third-order valence-corrected chi connectivity index (χ3v) is 4.35. The van der Waals surface area contributed by atoms with Crippen molar-refractivity contribution in [1.82, 2.24) is 5.32 Å². The molecule has 0 heterocycles. The van der Waals surface area contributed by atoms with Gasteiger partial charge in [0.05, 0.1) is 6.54 Å². The van der Waals surface area contributed by atoms with Crippen molar-refractivity contribution in [3.8, 4) is 0 Å². The fraction of sp³-hybridized carbons (Fsp3) is 0.812. The van der Waals surface area contributed by atoms with E-state index in [9.17, 15) is 14.4 Å². The number of amides is 2. The van der Waals surface area contributed by atoms with Gasteiger partial charge in [0.25, 0.3) is 0 Å². The van der Waals surface area contributed by atoms with E-state index in [2.05, 4.69) is 5.32 Å². The van der Waals surface area contributed by atoms with Crippen LogP contribution in [-0.2, 0) is 14.4 Å². The van der Waals surface area contributed by atoms with E-state index in [1.54, 1.807) is 0 Å². The highest BCUT2D eigenvalue weighted by atomic mass is 16.4. The molecule has 0 spiro atoms. The molecule has 0 unspecified atom stereocenters. The maximum atomic E-state index is 11.2. The van der Waals surface area contributed by atoms with Crippen molar-refractivity contribution in [1.29, 1.82) is 0 Å². The number of primary amides is 1. The maximum Gasteiger partial charge on any atom is 0.303 e. The van der Waals surface area contributed by atoms with Crippen LogP contribution in [0.5, 0.6) is 0 Å². The lowest BCUT2D eigenvalue weighted by Gasteiger charge is -2.07. The van der Waals surface area contributed by atoms with Crippen LogP contribution in [0.15, 0.2) is 0 Å².